The molecule has 1 atom stereocenters. The maximum absolute atomic E-state index is 13.2. The van der Waals surface area contributed by atoms with Gasteiger partial charge in [0.1, 0.15) is 10.6 Å². The highest BCUT2D eigenvalue weighted by molar-refractivity contribution is 7.89. The van der Waals surface area contributed by atoms with Gasteiger partial charge in [0.15, 0.2) is 11.5 Å². The lowest BCUT2D eigenvalue weighted by molar-refractivity contribution is -0.126. The van der Waals surface area contributed by atoms with Crippen LogP contribution in [0.2, 0.25) is 5.02 Å². The minimum Gasteiger partial charge on any atom is -0.495 e. The summed E-state index contributed by atoms with van der Waals surface area (Å²) in [6.07, 6.45) is 1.19. The summed E-state index contributed by atoms with van der Waals surface area (Å²) in [5.41, 5.74) is 0.847. The molecule has 1 fully saturated rings. The number of nitrogens with one attached hydrogen (secondary N) is 1. The Morgan fingerprint density at radius 2 is 1.75 bits per heavy atom. The van der Waals surface area contributed by atoms with E-state index in [-0.39, 0.29) is 23.1 Å². The maximum atomic E-state index is 13.2. The fraction of sp³-hybridized carbons (Fsp3) is 0.409. The van der Waals surface area contributed by atoms with Crippen LogP contribution in [0.15, 0.2) is 41.3 Å². The van der Waals surface area contributed by atoms with Gasteiger partial charge < -0.3 is 19.5 Å². The third-order valence-corrected chi connectivity index (χ3v) is 7.53. The molecule has 1 unspecified atom stereocenters. The predicted octanol–water partition coefficient (Wildman–Crippen LogP) is 3.08. The largest absolute Gasteiger partial charge is 0.495 e. The number of nitrogens with zero attached hydrogens (tertiary/aromatic N) is 1. The number of hydrogen-bond donors (Lipinski definition) is 1. The zero-order valence-electron chi connectivity index (χ0n) is 18.3. The van der Waals surface area contributed by atoms with Crippen LogP contribution in [0.4, 0.5) is 0 Å². The molecule has 0 radical (unpaired) electrons. The van der Waals surface area contributed by atoms with Crippen LogP contribution in [0, 0.1) is 5.92 Å². The molecule has 1 aliphatic rings. The van der Waals surface area contributed by atoms with Gasteiger partial charge in [0.2, 0.25) is 15.9 Å². The highest BCUT2D eigenvalue weighted by Gasteiger charge is 2.35. The van der Waals surface area contributed by atoms with Crippen LogP contribution in [-0.4, -0.2) is 53.0 Å². The molecule has 1 N–H and O–H groups in total. The van der Waals surface area contributed by atoms with Gasteiger partial charge in [-0.1, -0.05) is 17.7 Å². The van der Waals surface area contributed by atoms with Gasteiger partial charge in [-0.2, -0.15) is 4.31 Å². The number of amides is 1. The first-order chi connectivity index (χ1) is 15.3. The van der Waals surface area contributed by atoms with Gasteiger partial charge in [0.05, 0.1) is 27.2 Å². The van der Waals surface area contributed by atoms with E-state index in [1.165, 1.54) is 23.5 Å². The Hall–Kier alpha value is -2.49. The predicted molar refractivity (Wildman–Crippen MR) is 121 cm³/mol. The van der Waals surface area contributed by atoms with E-state index in [0.29, 0.717) is 42.5 Å². The highest BCUT2D eigenvalue weighted by atomic mass is 35.5. The second-order valence-electron chi connectivity index (χ2n) is 7.40. The minimum atomic E-state index is -3.86. The van der Waals surface area contributed by atoms with Crippen LogP contribution >= 0.6 is 11.6 Å². The van der Waals surface area contributed by atoms with Crippen molar-refractivity contribution < 1.29 is 27.4 Å². The molecule has 0 spiro atoms. The lowest BCUT2D eigenvalue weighted by atomic mass is 9.98. The molecule has 0 bridgehead atoms. The number of benzene rings is 2. The average molecular weight is 483 g/mol. The first-order valence-corrected chi connectivity index (χ1v) is 11.9. The van der Waals surface area contributed by atoms with E-state index < -0.39 is 15.9 Å². The molecule has 1 saturated heterocycles. The molecular weight excluding hydrogens is 456 g/mol. The molecule has 1 amide bonds. The molecule has 3 rings (SSSR count). The van der Waals surface area contributed by atoms with Crippen LogP contribution in [0.1, 0.15) is 18.4 Å². The molecule has 2 aromatic carbocycles. The van der Waals surface area contributed by atoms with E-state index in [0.717, 1.165) is 5.56 Å². The monoisotopic (exact) mass is 482 g/mol. The minimum absolute atomic E-state index is 0.00103. The van der Waals surface area contributed by atoms with Crippen LogP contribution in [0.3, 0.4) is 0 Å². The third kappa shape index (κ3) is 5.28. The molecule has 174 valence electrons. The molecule has 1 aliphatic heterocycles. The first kappa shape index (κ1) is 24.2. The zero-order valence-corrected chi connectivity index (χ0v) is 19.8. The van der Waals surface area contributed by atoms with Gasteiger partial charge in [-0.3, -0.25) is 4.79 Å². The number of hydrogen-bond acceptors (Lipinski definition) is 6. The molecule has 32 heavy (non-hydrogen) atoms. The van der Waals surface area contributed by atoms with Gasteiger partial charge in [-0.15, -0.1) is 0 Å². The van der Waals surface area contributed by atoms with E-state index in [1.54, 1.807) is 32.4 Å². The van der Waals surface area contributed by atoms with Gasteiger partial charge in [0.25, 0.3) is 0 Å². The Balaban J connectivity index is 1.69. The Bertz CT molecular complexity index is 1080. The van der Waals surface area contributed by atoms with E-state index in [2.05, 4.69) is 5.32 Å². The van der Waals surface area contributed by atoms with Crippen molar-refractivity contribution >= 4 is 27.5 Å². The SMILES string of the molecule is COc1ccc(CNC(=O)C2CCCN(S(=O)(=O)c3cc(Cl)ccc3OC)C2)cc1OC. The molecule has 0 aliphatic carbocycles. The number of carbonyl (C=O) groups excluding carboxylic acids is 1. The summed E-state index contributed by atoms with van der Waals surface area (Å²) in [7, 11) is 0.646. The van der Waals surface area contributed by atoms with E-state index in [9.17, 15) is 13.2 Å². The fourth-order valence-electron chi connectivity index (χ4n) is 3.69. The second-order valence-corrected chi connectivity index (χ2v) is 9.75. The van der Waals surface area contributed by atoms with Crippen molar-refractivity contribution in [1.29, 1.82) is 0 Å². The van der Waals surface area contributed by atoms with E-state index in [1.807, 2.05) is 6.07 Å². The van der Waals surface area contributed by atoms with Crippen molar-refractivity contribution in [2.45, 2.75) is 24.3 Å². The van der Waals surface area contributed by atoms with Gasteiger partial charge in [0, 0.05) is 24.7 Å². The summed E-state index contributed by atoms with van der Waals surface area (Å²) >= 11 is 6.02. The number of piperidine rings is 1. The Labute approximate surface area is 193 Å². The standard InChI is InChI=1S/C22H27ClN2O6S/c1-29-18-8-6-15(11-20(18)31-3)13-24-22(26)16-5-4-10-25(14-16)32(27,28)21-12-17(23)7-9-19(21)30-2/h6-9,11-12,16H,4-5,10,13-14H2,1-3H3,(H,24,26). The number of methoxy groups -OCH3 is 3. The molecule has 0 aromatic heterocycles. The second kappa shape index (κ2) is 10.4. The normalized spacial score (nSPS) is 16.9. The fourth-order valence-corrected chi connectivity index (χ4v) is 5.63. The van der Waals surface area contributed by atoms with Crippen molar-refractivity contribution in [2.75, 3.05) is 34.4 Å². The van der Waals surface area contributed by atoms with Crippen LogP contribution < -0.4 is 19.5 Å². The lowest BCUT2D eigenvalue weighted by Gasteiger charge is -2.31. The first-order valence-electron chi connectivity index (χ1n) is 10.1. The molecule has 0 saturated carbocycles. The Morgan fingerprint density at radius 3 is 2.44 bits per heavy atom. The van der Waals surface area contributed by atoms with Gasteiger partial charge in [-0.25, -0.2) is 8.42 Å². The molecule has 2 aromatic rings. The van der Waals surface area contributed by atoms with Crippen LogP contribution in [0.5, 0.6) is 17.2 Å². The topological polar surface area (TPSA) is 94.2 Å². The number of carbonyl (C=O) groups is 1. The Morgan fingerprint density at radius 1 is 1.06 bits per heavy atom. The van der Waals surface area contributed by atoms with Crippen molar-refractivity contribution in [2.24, 2.45) is 5.92 Å². The summed E-state index contributed by atoms with van der Waals surface area (Å²) in [5.74, 6) is 0.743. The van der Waals surface area contributed by atoms with Crippen molar-refractivity contribution in [3.8, 4) is 17.2 Å². The molecular formula is C22H27ClN2O6S. The van der Waals surface area contributed by atoms with E-state index in [4.69, 9.17) is 25.8 Å². The number of rotatable bonds is 8. The highest BCUT2D eigenvalue weighted by Crippen LogP contribution is 2.32. The smallest absolute Gasteiger partial charge is 0.246 e. The third-order valence-electron chi connectivity index (χ3n) is 5.41. The van der Waals surface area contributed by atoms with E-state index >= 15 is 0 Å². The summed E-state index contributed by atoms with van der Waals surface area (Å²) in [6.45, 7) is 0.720. The summed E-state index contributed by atoms with van der Waals surface area (Å²) in [5, 5.41) is 3.20. The van der Waals surface area contributed by atoms with Crippen molar-refractivity contribution in [3.05, 3.63) is 47.0 Å². The van der Waals surface area contributed by atoms with Crippen LogP contribution in [-0.2, 0) is 21.4 Å². The maximum Gasteiger partial charge on any atom is 0.246 e. The summed E-state index contributed by atoms with van der Waals surface area (Å²) < 4.78 is 43.5. The van der Waals surface area contributed by atoms with Crippen molar-refractivity contribution in [1.82, 2.24) is 9.62 Å². The molecule has 10 heteroatoms. The zero-order chi connectivity index (χ0) is 23.3. The number of ether oxygens (including phenoxy) is 3. The number of sulfonamides is 1. The van der Waals surface area contributed by atoms with Crippen molar-refractivity contribution in [3.63, 3.8) is 0 Å². The Kier molecular flexibility index (Phi) is 7.86. The summed E-state index contributed by atoms with van der Waals surface area (Å²) in [6, 6.07) is 9.86. The number of halogens is 1. The molecule has 8 nitrogen and oxygen atoms in total. The van der Waals surface area contributed by atoms with Gasteiger partial charge >= 0.3 is 0 Å². The average Bonchev–Trinajstić information content (AvgIpc) is 2.82. The van der Waals surface area contributed by atoms with Crippen LogP contribution in [0.25, 0.3) is 0 Å². The lowest BCUT2D eigenvalue weighted by Crippen LogP contribution is -2.45. The molecule has 1 heterocycles. The van der Waals surface area contributed by atoms with Gasteiger partial charge in [-0.05, 0) is 48.7 Å². The summed E-state index contributed by atoms with van der Waals surface area (Å²) in [4.78, 5) is 12.8. The quantitative estimate of drug-likeness (QED) is 0.621.